The zero-order valence-electron chi connectivity index (χ0n) is 11.7. The van der Waals surface area contributed by atoms with Crippen molar-refractivity contribution in [2.24, 2.45) is 5.41 Å². The third-order valence-electron chi connectivity index (χ3n) is 4.56. The van der Waals surface area contributed by atoms with Crippen molar-refractivity contribution in [1.82, 2.24) is 5.32 Å². The van der Waals surface area contributed by atoms with Crippen molar-refractivity contribution >= 4 is 26.9 Å². The smallest absolute Gasteiger partial charge is 0.134 e. The molecule has 102 valence electrons. The molecule has 3 rings (SSSR count). The fourth-order valence-corrected chi connectivity index (χ4v) is 3.59. The second-order valence-electron chi connectivity index (χ2n) is 6.05. The van der Waals surface area contributed by atoms with Gasteiger partial charge in [-0.25, -0.2) is 0 Å². The van der Waals surface area contributed by atoms with Crippen LogP contribution in [0, 0.1) is 5.41 Å². The quantitative estimate of drug-likeness (QED) is 0.887. The Morgan fingerprint density at radius 3 is 2.84 bits per heavy atom. The van der Waals surface area contributed by atoms with Crippen molar-refractivity contribution in [2.75, 3.05) is 6.54 Å². The second-order valence-corrected chi connectivity index (χ2v) is 6.97. The first-order valence-electron chi connectivity index (χ1n) is 6.94. The van der Waals surface area contributed by atoms with Gasteiger partial charge in [0, 0.05) is 21.8 Å². The lowest BCUT2D eigenvalue weighted by atomic mass is 9.57. The lowest BCUT2D eigenvalue weighted by Gasteiger charge is -2.51. The Hall–Kier alpha value is -0.800. The van der Waals surface area contributed by atoms with E-state index in [2.05, 4.69) is 54.2 Å². The van der Waals surface area contributed by atoms with E-state index in [-0.39, 0.29) is 5.41 Å². The van der Waals surface area contributed by atoms with Crippen LogP contribution >= 0.6 is 15.9 Å². The first-order valence-corrected chi connectivity index (χ1v) is 7.74. The summed E-state index contributed by atoms with van der Waals surface area (Å²) in [7, 11) is 0. The van der Waals surface area contributed by atoms with Gasteiger partial charge in [-0.1, -0.05) is 36.7 Å². The van der Waals surface area contributed by atoms with Crippen LogP contribution < -0.4 is 5.32 Å². The molecule has 1 fully saturated rings. The summed E-state index contributed by atoms with van der Waals surface area (Å²) in [5.74, 6) is 1.65. The predicted octanol–water partition coefficient (Wildman–Crippen LogP) is 4.69. The third kappa shape index (κ3) is 2.13. The van der Waals surface area contributed by atoms with Crippen molar-refractivity contribution in [3.8, 4) is 0 Å². The van der Waals surface area contributed by atoms with E-state index in [1.807, 2.05) is 12.1 Å². The third-order valence-corrected chi connectivity index (χ3v) is 5.05. The molecule has 0 saturated heterocycles. The van der Waals surface area contributed by atoms with E-state index in [0.717, 1.165) is 22.4 Å². The number of hydrogen-bond donors (Lipinski definition) is 1. The van der Waals surface area contributed by atoms with Crippen molar-refractivity contribution in [2.45, 2.75) is 39.2 Å². The number of nitrogens with one attached hydrogen (secondary N) is 1. The highest BCUT2D eigenvalue weighted by Crippen LogP contribution is 2.53. The molecule has 2 nitrogen and oxygen atoms in total. The van der Waals surface area contributed by atoms with Gasteiger partial charge in [0.25, 0.3) is 0 Å². The Morgan fingerprint density at radius 2 is 2.16 bits per heavy atom. The minimum Gasteiger partial charge on any atom is -0.461 e. The molecule has 1 aliphatic rings. The van der Waals surface area contributed by atoms with Gasteiger partial charge < -0.3 is 9.73 Å². The molecule has 1 aliphatic carbocycles. The molecule has 2 unspecified atom stereocenters. The maximum Gasteiger partial charge on any atom is 0.134 e. The van der Waals surface area contributed by atoms with E-state index in [4.69, 9.17) is 4.42 Å². The van der Waals surface area contributed by atoms with E-state index in [0.29, 0.717) is 12.0 Å². The second kappa shape index (κ2) is 4.64. The number of benzene rings is 1. The van der Waals surface area contributed by atoms with Gasteiger partial charge >= 0.3 is 0 Å². The standard InChI is InChI=1S/C16H20BrNO/c1-4-18-15-9-12(16(15,2)3)14-8-10-7-11(17)5-6-13(10)19-14/h5-8,12,15,18H,4,9H2,1-3H3. The molecule has 0 aliphatic heterocycles. The highest BCUT2D eigenvalue weighted by Gasteiger charge is 2.49. The molecule has 19 heavy (non-hydrogen) atoms. The lowest BCUT2D eigenvalue weighted by Crippen LogP contribution is -2.55. The van der Waals surface area contributed by atoms with Crippen LogP contribution in [0.15, 0.2) is 33.2 Å². The Labute approximate surface area is 122 Å². The monoisotopic (exact) mass is 321 g/mol. The topological polar surface area (TPSA) is 25.2 Å². The largest absolute Gasteiger partial charge is 0.461 e. The lowest BCUT2D eigenvalue weighted by molar-refractivity contribution is 0.0579. The SMILES string of the molecule is CCNC1CC(c2cc3cc(Br)ccc3o2)C1(C)C. The van der Waals surface area contributed by atoms with Crippen LogP contribution in [-0.2, 0) is 0 Å². The summed E-state index contributed by atoms with van der Waals surface area (Å²) in [6.45, 7) is 7.87. The molecular weight excluding hydrogens is 302 g/mol. The summed E-state index contributed by atoms with van der Waals surface area (Å²) in [6, 6.07) is 8.99. The van der Waals surface area contributed by atoms with E-state index >= 15 is 0 Å². The first kappa shape index (κ1) is 13.2. The number of furan rings is 1. The normalized spacial score (nSPS) is 25.5. The Bertz CT molecular complexity index is 602. The van der Waals surface area contributed by atoms with Crippen molar-refractivity contribution in [1.29, 1.82) is 0 Å². The Morgan fingerprint density at radius 1 is 1.37 bits per heavy atom. The van der Waals surface area contributed by atoms with E-state index in [1.165, 1.54) is 11.8 Å². The summed E-state index contributed by atoms with van der Waals surface area (Å²) in [4.78, 5) is 0. The molecule has 1 aromatic carbocycles. The first-order chi connectivity index (χ1) is 9.02. The maximum absolute atomic E-state index is 6.04. The van der Waals surface area contributed by atoms with Crippen molar-refractivity contribution in [3.05, 3.63) is 34.5 Å². The Kier molecular flexibility index (Phi) is 3.22. The number of hydrogen-bond acceptors (Lipinski definition) is 2. The number of rotatable bonds is 3. The molecule has 0 amide bonds. The van der Waals surface area contributed by atoms with Crippen LogP contribution in [0.3, 0.4) is 0 Å². The van der Waals surface area contributed by atoms with Crippen LogP contribution in [0.1, 0.15) is 38.9 Å². The van der Waals surface area contributed by atoms with Crippen molar-refractivity contribution in [3.63, 3.8) is 0 Å². The van der Waals surface area contributed by atoms with Crippen LogP contribution in [-0.4, -0.2) is 12.6 Å². The molecule has 2 atom stereocenters. The molecule has 0 bridgehead atoms. The molecule has 1 aromatic heterocycles. The fraction of sp³-hybridized carbons (Fsp3) is 0.500. The molecule has 0 radical (unpaired) electrons. The molecule has 1 saturated carbocycles. The van der Waals surface area contributed by atoms with Crippen LogP contribution in [0.5, 0.6) is 0 Å². The van der Waals surface area contributed by atoms with Crippen molar-refractivity contribution < 1.29 is 4.42 Å². The molecule has 0 spiro atoms. The van der Waals surface area contributed by atoms with Crippen LogP contribution in [0.4, 0.5) is 0 Å². The minimum atomic E-state index is 0.265. The molecule has 2 aromatic rings. The van der Waals surface area contributed by atoms with Gasteiger partial charge in [-0.3, -0.25) is 0 Å². The van der Waals surface area contributed by atoms with Crippen LogP contribution in [0.25, 0.3) is 11.0 Å². The van der Waals surface area contributed by atoms with E-state index in [9.17, 15) is 0 Å². The minimum absolute atomic E-state index is 0.265. The molecule has 3 heteroatoms. The summed E-state index contributed by atoms with van der Waals surface area (Å²) in [5.41, 5.74) is 1.25. The average Bonchev–Trinajstić information content (AvgIpc) is 2.75. The maximum atomic E-state index is 6.04. The van der Waals surface area contributed by atoms with Gasteiger partial charge in [-0.2, -0.15) is 0 Å². The summed E-state index contributed by atoms with van der Waals surface area (Å²) in [5, 5.41) is 4.75. The zero-order chi connectivity index (χ0) is 13.6. The molecular formula is C16H20BrNO. The van der Waals surface area contributed by atoms with E-state index in [1.54, 1.807) is 0 Å². The molecule has 1 heterocycles. The fourth-order valence-electron chi connectivity index (χ4n) is 3.21. The highest BCUT2D eigenvalue weighted by atomic mass is 79.9. The predicted molar refractivity (Wildman–Crippen MR) is 82.5 cm³/mol. The van der Waals surface area contributed by atoms with Gasteiger partial charge in [0.15, 0.2) is 0 Å². The highest BCUT2D eigenvalue weighted by molar-refractivity contribution is 9.10. The summed E-state index contributed by atoms with van der Waals surface area (Å²) in [6.07, 6.45) is 1.17. The average molecular weight is 322 g/mol. The van der Waals surface area contributed by atoms with Gasteiger partial charge in [-0.15, -0.1) is 0 Å². The Balaban J connectivity index is 1.89. The van der Waals surface area contributed by atoms with Gasteiger partial charge in [-0.05, 0) is 42.6 Å². The van der Waals surface area contributed by atoms with E-state index < -0.39 is 0 Å². The van der Waals surface area contributed by atoms with Gasteiger partial charge in [0.1, 0.15) is 11.3 Å². The van der Waals surface area contributed by atoms with Gasteiger partial charge in [0.2, 0.25) is 0 Å². The van der Waals surface area contributed by atoms with Crippen LogP contribution in [0.2, 0.25) is 0 Å². The zero-order valence-corrected chi connectivity index (χ0v) is 13.3. The number of fused-ring (bicyclic) bond motifs is 1. The molecule has 1 N–H and O–H groups in total. The summed E-state index contributed by atoms with van der Waals surface area (Å²) < 4.78 is 7.14. The van der Waals surface area contributed by atoms with Gasteiger partial charge in [0.05, 0.1) is 0 Å². The summed E-state index contributed by atoms with van der Waals surface area (Å²) >= 11 is 3.51. The number of halogens is 1.